The summed E-state index contributed by atoms with van der Waals surface area (Å²) in [4.78, 5) is 40.6. The van der Waals surface area contributed by atoms with E-state index in [9.17, 15) is 24.6 Å². The lowest BCUT2D eigenvalue weighted by atomic mass is 9.62. The number of nitrogens with one attached hydrogen (secondary N) is 1. The predicted octanol–water partition coefficient (Wildman–Crippen LogP) is 5.04. The lowest BCUT2D eigenvalue weighted by molar-refractivity contribution is -0.141. The Labute approximate surface area is 245 Å². The monoisotopic (exact) mass is 570 g/mol. The van der Waals surface area contributed by atoms with Crippen molar-refractivity contribution in [1.82, 2.24) is 5.32 Å². The minimum absolute atomic E-state index is 0.0284. The van der Waals surface area contributed by atoms with Gasteiger partial charge < -0.3 is 20.3 Å². The molecule has 0 radical (unpaired) electrons. The Hall–Kier alpha value is -2.32. The number of ketones is 1. The first-order valence-corrected chi connectivity index (χ1v) is 15.5. The van der Waals surface area contributed by atoms with Crippen LogP contribution in [0, 0.1) is 29.1 Å². The first-order valence-electron chi connectivity index (χ1n) is 15.5. The molecule has 2 saturated carbocycles. The van der Waals surface area contributed by atoms with Gasteiger partial charge in [0.15, 0.2) is 0 Å². The first kappa shape index (κ1) is 31.6. The molecule has 8 heteroatoms. The Morgan fingerprint density at radius 2 is 1.95 bits per heavy atom. The summed E-state index contributed by atoms with van der Waals surface area (Å²) < 4.78 is 6.93. The summed E-state index contributed by atoms with van der Waals surface area (Å²) in [6.07, 6.45) is 12.9. The molecule has 4 aliphatic rings. The van der Waals surface area contributed by atoms with Gasteiger partial charge in [-0.1, -0.05) is 31.6 Å². The van der Waals surface area contributed by atoms with Crippen LogP contribution in [0.3, 0.4) is 0 Å². The van der Waals surface area contributed by atoms with Crippen LogP contribution in [0.4, 0.5) is 0 Å². The highest BCUT2D eigenvalue weighted by Crippen LogP contribution is 2.64. The van der Waals surface area contributed by atoms with Gasteiger partial charge >= 0.3 is 5.97 Å². The number of aliphatic hydroxyl groups is 1. The summed E-state index contributed by atoms with van der Waals surface area (Å²) >= 11 is 0. The predicted molar refractivity (Wildman–Crippen MR) is 159 cm³/mol. The maximum Gasteiger partial charge on any atom is 0.326 e. The number of fused-ring (bicyclic) bond motifs is 3. The molecule has 3 fully saturated rings. The topological polar surface area (TPSA) is 125 Å². The van der Waals surface area contributed by atoms with Crippen LogP contribution in [0.2, 0.25) is 0 Å². The summed E-state index contributed by atoms with van der Waals surface area (Å²) in [6.45, 7) is 12.6. The molecule has 41 heavy (non-hydrogen) atoms. The molecule has 1 aliphatic heterocycles. The number of aliphatic imine (C=N–C) groups is 1. The maximum atomic E-state index is 13.3. The van der Waals surface area contributed by atoms with Crippen molar-refractivity contribution >= 4 is 23.9 Å². The fraction of sp³-hybridized carbons (Fsp3) is 0.758. The minimum Gasteiger partial charge on any atom is -0.480 e. The third-order valence-electron chi connectivity index (χ3n) is 10.5. The number of carboxylic acids is 1. The molecule has 0 aromatic heterocycles. The molecule has 228 valence electrons. The normalized spacial score (nSPS) is 40.4. The van der Waals surface area contributed by atoms with E-state index in [1.54, 1.807) is 0 Å². The number of hydrogen-bond donors (Lipinski definition) is 3. The number of rotatable bonds is 9. The third kappa shape index (κ3) is 6.53. The summed E-state index contributed by atoms with van der Waals surface area (Å²) in [5.41, 5.74) is 0.875. The van der Waals surface area contributed by atoms with E-state index < -0.39 is 17.6 Å². The van der Waals surface area contributed by atoms with Gasteiger partial charge in [0, 0.05) is 37.9 Å². The zero-order valence-corrected chi connectivity index (χ0v) is 25.7. The Balaban J connectivity index is 1.54. The molecule has 1 saturated heterocycles. The molecular formula is C33H50N2O6. The van der Waals surface area contributed by atoms with Crippen LogP contribution in [0.5, 0.6) is 0 Å². The second-order valence-electron chi connectivity index (χ2n) is 14.0. The van der Waals surface area contributed by atoms with Crippen molar-refractivity contribution in [2.75, 3.05) is 6.54 Å². The van der Waals surface area contributed by atoms with Gasteiger partial charge in [0.25, 0.3) is 0 Å². The van der Waals surface area contributed by atoms with Crippen LogP contribution in [-0.4, -0.2) is 64.0 Å². The van der Waals surface area contributed by atoms with Gasteiger partial charge in [-0.3, -0.25) is 14.6 Å². The van der Waals surface area contributed by atoms with E-state index in [0.29, 0.717) is 31.7 Å². The summed E-state index contributed by atoms with van der Waals surface area (Å²) in [6, 6.07) is -0.895. The molecule has 3 N–H and O–H groups in total. The van der Waals surface area contributed by atoms with Gasteiger partial charge in [0.1, 0.15) is 11.8 Å². The number of aliphatic carboxylic acids is 1. The zero-order chi connectivity index (χ0) is 30.2. The molecule has 9 atom stereocenters. The number of nitrogens with zero attached hydrogens (tertiary/aromatic N) is 1. The van der Waals surface area contributed by atoms with Gasteiger partial charge in [-0.2, -0.15) is 0 Å². The number of Topliss-reactive ketones (excluding diaryl/α,β-unsaturated/α-hetero) is 1. The summed E-state index contributed by atoms with van der Waals surface area (Å²) in [7, 11) is 0. The molecular weight excluding hydrogens is 520 g/mol. The standard InChI is InChI=1S/C33H50N2O6/c1-20(2)15-24-16-21(3)33(41-24)13-12-31(5)17-25-29(27(37)18-32(25,6)40)23(10-11-28(31)33)19-34-14-8-7-9-26(30(38)39)35-22(4)36/h10,15,19,21,24-26,28-29,40H,7-9,11-14,16-18H2,1-6H3,(H,35,36)(H,38,39)/b23-10-,34-19?/t21-,24-,25-,26-,28+,29+,31+,32+,33-/m0/s1. The molecule has 0 aromatic rings. The third-order valence-corrected chi connectivity index (χ3v) is 10.5. The van der Waals surface area contributed by atoms with Crippen molar-refractivity contribution in [1.29, 1.82) is 0 Å². The Kier molecular flexibility index (Phi) is 9.34. The van der Waals surface area contributed by atoms with E-state index in [1.807, 2.05) is 13.1 Å². The number of carboxylic acid groups (broad SMARTS) is 1. The summed E-state index contributed by atoms with van der Waals surface area (Å²) in [5.74, 6) is -1.13. The molecule has 1 heterocycles. The molecule has 8 nitrogen and oxygen atoms in total. The van der Waals surface area contributed by atoms with Crippen molar-refractivity contribution in [3.63, 3.8) is 0 Å². The highest BCUT2D eigenvalue weighted by molar-refractivity contribution is 5.95. The number of amides is 1. The van der Waals surface area contributed by atoms with E-state index >= 15 is 0 Å². The number of allylic oxidation sites excluding steroid dienone is 3. The van der Waals surface area contributed by atoms with Gasteiger partial charge in [0.2, 0.25) is 5.91 Å². The second kappa shape index (κ2) is 12.1. The quantitative estimate of drug-likeness (QED) is 0.203. The molecule has 0 bridgehead atoms. The van der Waals surface area contributed by atoms with Crippen molar-refractivity contribution in [2.24, 2.45) is 34.1 Å². The Morgan fingerprint density at radius 1 is 1.22 bits per heavy atom. The van der Waals surface area contributed by atoms with Crippen LogP contribution < -0.4 is 5.32 Å². The minimum atomic E-state index is -1.06. The van der Waals surface area contributed by atoms with Crippen LogP contribution in [0.15, 0.2) is 28.3 Å². The van der Waals surface area contributed by atoms with Gasteiger partial charge in [0.05, 0.1) is 17.3 Å². The molecule has 1 amide bonds. The zero-order valence-electron chi connectivity index (χ0n) is 25.7. The number of ether oxygens (including phenoxy) is 1. The molecule has 1 spiro atoms. The van der Waals surface area contributed by atoms with Crippen molar-refractivity contribution in [3.05, 3.63) is 23.3 Å². The first-order chi connectivity index (χ1) is 19.2. The van der Waals surface area contributed by atoms with Crippen LogP contribution in [-0.2, 0) is 19.1 Å². The highest BCUT2D eigenvalue weighted by Gasteiger charge is 2.63. The second-order valence-corrected chi connectivity index (χ2v) is 14.0. The van der Waals surface area contributed by atoms with Crippen molar-refractivity contribution in [2.45, 2.75) is 123 Å². The van der Waals surface area contributed by atoms with Gasteiger partial charge in [-0.15, -0.1) is 0 Å². The van der Waals surface area contributed by atoms with Crippen LogP contribution in [0.25, 0.3) is 0 Å². The average molecular weight is 571 g/mol. The number of unbranched alkanes of at least 4 members (excludes halogenated alkanes) is 1. The smallest absolute Gasteiger partial charge is 0.326 e. The van der Waals surface area contributed by atoms with E-state index in [2.05, 4.69) is 50.2 Å². The van der Waals surface area contributed by atoms with Crippen LogP contribution >= 0.6 is 0 Å². The Morgan fingerprint density at radius 3 is 2.61 bits per heavy atom. The number of carbonyl (C=O) groups is 3. The molecule has 3 aliphatic carbocycles. The maximum absolute atomic E-state index is 13.3. The lowest BCUT2D eigenvalue weighted by Gasteiger charge is -2.45. The van der Waals surface area contributed by atoms with Crippen molar-refractivity contribution in [3.8, 4) is 0 Å². The SMILES string of the molecule is CC(=O)N[C@@H](CCCCN=C/C1=C/C[C@@H]2[C@](C)(CC[C@@]23O[C@@H](C=C(C)C)C[C@@H]3C)C[C@H]2[C@@H]1C(=O)C[C@@]2(C)O)C(=O)O. The molecule has 0 aromatic carbocycles. The molecule has 4 rings (SSSR count). The lowest BCUT2D eigenvalue weighted by Crippen LogP contribution is -2.46. The van der Waals surface area contributed by atoms with Crippen molar-refractivity contribution < 1.29 is 29.3 Å². The average Bonchev–Trinajstić information content (AvgIpc) is 3.38. The van der Waals surface area contributed by atoms with E-state index in [1.165, 1.54) is 12.5 Å². The molecule has 0 unspecified atom stereocenters. The van der Waals surface area contributed by atoms with E-state index in [-0.39, 0.29) is 53.0 Å². The van der Waals surface area contributed by atoms with Gasteiger partial charge in [-0.25, -0.2) is 4.79 Å². The fourth-order valence-corrected chi connectivity index (χ4v) is 8.52. The van der Waals surface area contributed by atoms with Crippen LogP contribution in [0.1, 0.15) is 99.3 Å². The Bertz CT molecular complexity index is 1120. The number of carbonyl (C=O) groups excluding carboxylic acids is 2. The van der Waals surface area contributed by atoms with E-state index in [4.69, 9.17) is 4.74 Å². The van der Waals surface area contributed by atoms with Gasteiger partial charge in [-0.05, 0) is 95.0 Å². The largest absolute Gasteiger partial charge is 0.480 e. The fourth-order valence-electron chi connectivity index (χ4n) is 8.52. The summed E-state index contributed by atoms with van der Waals surface area (Å²) in [5, 5.41) is 23.3. The highest BCUT2D eigenvalue weighted by atomic mass is 16.5. The van der Waals surface area contributed by atoms with E-state index in [0.717, 1.165) is 37.7 Å². The number of hydrogen-bond acceptors (Lipinski definition) is 6.